The first-order chi connectivity index (χ1) is 11.7. The van der Waals surface area contributed by atoms with E-state index >= 15 is 0 Å². The summed E-state index contributed by atoms with van der Waals surface area (Å²) in [5, 5.41) is 2.97. The number of hydrogen-bond donors (Lipinski definition) is 0. The Morgan fingerprint density at radius 1 is 0.667 bits per heavy atom. The van der Waals surface area contributed by atoms with Crippen LogP contribution in [-0.4, -0.2) is 6.16 Å². The topological polar surface area (TPSA) is 0 Å². The van der Waals surface area contributed by atoms with Gasteiger partial charge in [-0.3, -0.25) is 0 Å². The van der Waals surface area contributed by atoms with Crippen LogP contribution in [0.5, 0.6) is 0 Å². The van der Waals surface area contributed by atoms with E-state index in [2.05, 4.69) is 92.7 Å². The first kappa shape index (κ1) is 16.9. The van der Waals surface area contributed by atoms with Gasteiger partial charge in [0.1, 0.15) is 0 Å². The quantitative estimate of drug-likeness (QED) is 0.532. The molecule has 0 N–H and O–H groups in total. The van der Waals surface area contributed by atoms with Gasteiger partial charge in [0.15, 0.2) is 0 Å². The second-order valence-electron chi connectivity index (χ2n) is 6.42. The maximum Gasteiger partial charge on any atom is -0.0195 e. The van der Waals surface area contributed by atoms with Crippen molar-refractivity contribution in [2.24, 2.45) is 0 Å². The summed E-state index contributed by atoms with van der Waals surface area (Å²) in [5.74, 6) is 0. The zero-order valence-electron chi connectivity index (χ0n) is 14.6. The molecule has 24 heavy (non-hydrogen) atoms. The van der Waals surface area contributed by atoms with Gasteiger partial charge in [0.05, 0.1) is 0 Å². The van der Waals surface area contributed by atoms with Crippen molar-refractivity contribution < 1.29 is 0 Å². The van der Waals surface area contributed by atoms with Gasteiger partial charge in [0.2, 0.25) is 0 Å². The van der Waals surface area contributed by atoms with E-state index in [4.69, 9.17) is 0 Å². The molecule has 0 spiro atoms. The van der Waals surface area contributed by atoms with Crippen molar-refractivity contribution >= 4 is 18.5 Å². The number of aryl methyl sites for hydroxylation is 3. The summed E-state index contributed by atoms with van der Waals surface area (Å²) in [6, 6.07) is 28.9. The maximum atomic E-state index is 2.33. The molecule has 0 saturated carbocycles. The van der Waals surface area contributed by atoms with E-state index in [0.29, 0.717) is 0 Å². The van der Waals surface area contributed by atoms with Crippen LogP contribution in [0.15, 0.2) is 78.9 Å². The Morgan fingerprint density at radius 2 is 1.17 bits per heavy atom. The molecule has 0 atom stereocenters. The van der Waals surface area contributed by atoms with Crippen LogP contribution in [0.2, 0.25) is 0 Å². The Balaban J connectivity index is 1.73. The van der Waals surface area contributed by atoms with Crippen molar-refractivity contribution in [1.29, 1.82) is 0 Å². The van der Waals surface area contributed by atoms with Crippen molar-refractivity contribution in [3.63, 3.8) is 0 Å². The van der Waals surface area contributed by atoms with Gasteiger partial charge in [-0.25, -0.2) is 0 Å². The molecule has 0 saturated heterocycles. The maximum absolute atomic E-state index is 2.33. The van der Waals surface area contributed by atoms with Crippen molar-refractivity contribution in [2.45, 2.75) is 26.7 Å². The van der Waals surface area contributed by atoms with Gasteiger partial charge < -0.3 is 0 Å². The van der Waals surface area contributed by atoms with Gasteiger partial charge in [-0.2, -0.15) is 0 Å². The Kier molecular flexibility index (Phi) is 5.83. The SMILES string of the molecule is Cc1cc(C)cc(CCCP(c2ccccc2)c2ccccc2)c1. The largest absolute Gasteiger partial charge is 0.0622 e. The van der Waals surface area contributed by atoms with E-state index in [-0.39, 0.29) is 7.92 Å². The fourth-order valence-electron chi connectivity index (χ4n) is 3.28. The Labute approximate surface area is 147 Å². The first-order valence-electron chi connectivity index (χ1n) is 8.67. The van der Waals surface area contributed by atoms with E-state index in [1.54, 1.807) is 0 Å². The molecule has 0 nitrogen and oxygen atoms in total. The monoisotopic (exact) mass is 332 g/mol. The summed E-state index contributed by atoms with van der Waals surface area (Å²) in [4.78, 5) is 0. The summed E-state index contributed by atoms with van der Waals surface area (Å²) in [5.41, 5.74) is 4.22. The van der Waals surface area contributed by atoms with E-state index in [9.17, 15) is 0 Å². The normalized spacial score (nSPS) is 11.0. The van der Waals surface area contributed by atoms with Crippen molar-refractivity contribution in [3.05, 3.63) is 95.6 Å². The molecule has 3 aromatic carbocycles. The molecule has 3 aromatic rings. The zero-order valence-corrected chi connectivity index (χ0v) is 15.5. The molecule has 1 heteroatoms. The van der Waals surface area contributed by atoms with Crippen LogP contribution in [0.1, 0.15) is 23.1 Å². The van der Waals surface area contributed by atoms with Gasteiger partial charge in [-0.15, -0.1) is 0 Å². The first-order valence-corrected chi connectivity index (χ1v) is 10.2. The fourth-order valence-corrected chi connectivity index (χ4v) is 5.63. The van der Waals surface area contributed by atoms with Crippen LogP contribution in [-0.2, 0) is 6.42 Å². The molecule has 0 bridgehead atoms. The minimum atomic E-state index is -0.262. The summed E-state index contributed by atoms with van der Waals surface area (Å²) in [6.45, 7) is 4.38. The van der Waals surface area contributed by atoms with E-state index in [1.807, 2.05) is 0 Å². The van der Waals surface area contributed by atoms with E-state index < -0.39 is 0 Å². The van der Waals surface area contributed by atoms with Crippen LogP contribution in [0.25, 0.3) is 0 Å². The van der Waals surface area contributed by atoms with Gasteiger partial charge in [0.25, 0.3) is 0 Å². The molecule has 0 unspecified atom stereocenters. The van der Waals surface area contributed by atoms with Gasteiger partial charge in [0, 0.05) is 0 Å². The van der Waals surface area contributed by atoms with Crippen LogP contribution < -0.4 is 10.6 Å². The molecule has 0 fully saturated rings. The minimum absolute atomic E-state index is 0.262. The molecular weight excluding hydrogens is 307 g/mol. The lowest BCUT2D eigenvalue weighted by molar-refractivity contribution is 0.926. The summed E-state index contributed by atoms with van der Waals surface area (Å²) in [6.07, 6.45) is 3.65. The molecule has 122 valence electrons. The average Bonchev–Trinajstić information content (AvgIpc) is 2.59. The molecule has 0 aliphatic rings. The number of rotatable bonds is 6. The number of hydrogen-bond acceptors (Lipinski definition) is 0. The molecule has 3 rings (SSSR count). The van der Waals surface area contributed by atoms with E-state index in [1.165, 1.54) is 46.3 Å². The predicted molar refractivity (Wildman–Crippen MR) is 108 cm³/mol. The standard InChI is InChI=1S/C23H25P/c1-19-16-20(2)18-21(17-19)10-9-15-24(22-11-5-3-6-12-22)23-13-7-4-8-14-23/h3-8,11-14,16-18H,9-10,15H2,1-2H3. The summed E-state index contributed by atoms with van der Waals surface area (Å²) < 4.78 is 0. The Hall–Kier alpha value is -1.91. The second-order valence-corrected chi connectivity index (χ2v) is 8.76. The highest BCUT2D eigenvalue weighted by Crippen LogP contribution is 2.34. The molecule has 0 radical (unpaired) electrons. The molecule has 0 aliphatic carbocycles. The smallest absolute Gasteiger partial charge is 0.0195 e. The zero-order chi connectivity index (χ0) is 16.8. The van der Waals surface area contributed by atoms with Gasteiger partial charge >= 0.3 is 0 Å². The summed E-state index contributed by atoms with van der Waals surface area (Å²) in [7, 11) is -0.262. The van der Waals surface area contributed by atoms with Crippen molar-refractivity contribution in [2.75, 3.05) is 6.16 Å². The highest BCUT2D eigenvalue weighted by Gasteiger charge is 2.13. The van der Waals surface area contributed by atoms with Gasteiger partial charge in [-0.05, 0) is 56.9 Å². The third-order valence-electron chi connectivity index (χ3n) is 4.26. The lowest BCUT2D eigenvalue weighted by Crippen LogP contribution is -2.14. The highest BCUT2D eigenvalue weighted by molar-refractivity contribution is 7.73. The third-order valence-corrected chi connectivity index (χ3v) is 6.87. The molecule has 0 amide bonds. The van der Waals surface area contributed by atoms with Crippen LogP contribution >= 0.6 is 7.92 Å². The van der Waals surface area contributed by atoms with Gasteiger partial charge in [-0.1, -0.05) is 90.0 Å². The fraction of sp³-hybridized carbons (Fsp3) is 0.217. The van der Waals surface area contributed by atoms with Crippen LogP contribution in [0, 0.1) is 13.8 Å². The molecule has 0 aliphatic heterocycles. The molecule has 0 heterocycles. The van der Waals surface area contributed by atoms with Crippen LogP contribution in [0.3, 0.4) is 0 Å². The predicted octanol–water partition coefficient (Wildman–Crippen LogP) is 5.37. The van der Waals surface area contributed by atoms with Crippen molar-refractivity contribution in [1.82, 2.24) is 0 Å². The Morgan fingerprint density at radius 3 is 1.67 bits per heavy atom. The molecular formula is C23H25P. The summed E-state index contributed by atoms with van der Waals surface area (Å²) >= 11 is 0. The average molecular weight is 332 g/mol. The number of benzene rings is 3. The highest BCUT2D eigenvalue weighted by atomic mass is 31.1. The second kappa shape index (κ2) is 8.27. The Bertz CT molecular complexity index is 703. The lowest BCUT2D eigenvalue weighted by atomic mass is 10.0. The lowest BCUT2D eigenvalue weighted by Gasteiger charge is -2.19. The molecule has 0 aromatic heterocycles. The van der Waals surface area contributed by atoms with Crippen LogP contribution in [0.4, 0.5) is 0 Å². The van der Waals surface area contributed by atoms with Crippen molar-refractivity contribution in [3.8, 4) is 0 Å². The minimum Gasteiger partial charge on any atom is -0.0622 e. The third kappa shape index (κ3) is 4.56. The van der Waals surface area contributed by atoms with E-state index in [0.717, 1.165) is 0 Å².